The van der Waals surface area contributed by atoms with Crippen molar-refractivity contribution in [1.29, 1.82) is 0 Å². The molecule has 2 N–H and O–H groups in total. The minimum atomic E-state index is -0.153. The molecule has 1 fully saturated rings. The normalized spacial score (nSPS) is 17.0. The van der Waals surface area contributed by atoms with E-state index in [4.69, 9.17) is 15.0 Å². The van der Waals surface area contributed by atoms with E-state index in [1.165, 1.54) is 12.8 Å². The predicted octanol–water partition coefficient (Wildman–Crippen LogP) is 2.48. The Morgan fingerprint density at radius 1 is 1.33 bits per heavy atom. The van der Waals surface area contributed by atoms with Gasteiger partial charge < -0.3 is 15.0 Å². The highest BCUT2D eigenvalue weighted by molar-refractivity contribution is 5.30. The van der Waals surface area contributed by atoms with Gasteiger partial charge in [-0.1, -0.05) is 30.1 Å². The van der Waals surface area contributed by atoms with E-state index < -0.39 is 0 Å². The predicted molar refractivity (Wildman–Crippen MR) is 79.2 cm³/mol. The Morgan fingerprint density at radius 3 is 2.90 bits per heavy atom. The van der Waals surface area contributed by atoms with Gasteiger partial charge in [0.05, 0.1) is 7.11 Å². The first-order valence-electron chi connectivity index (χ1n) is 7.40. The van der Waals surface area contributed by atoms with Crippen LogP contribution in [0, 0.1) is 0 Å². The van der Waals surface area contributed by atoms with E-state index in [1.54, 1.807) is 7.11 Å². The quantitative estimate of drug-likeness (QED) is 0.914. The van der Waals surface area contributed by atoms with Crippen LogP contribution in [-0.2, 0) is 12.8 Å². The van der Waals surface area contributed by atoms with E-state index in [-0.39, 0.29) is 5.54 Å². The van der Waals surface area contributed by atoms with Crippen molar-refractivity contribution in [3.05, 3.63) is 41.5 Å². The van der Waals surface area contributed by atoms with Crippen LogP contribution in [0.3, 0.4) is 0 Å². The van der Waals surface area contributed by atoms with E-state index in [0.717, 1.165) is 24.2 Å². The topological polar surface area (TPSA) is 74.2 Å². The van der Waals surface area contributed by atoms with E-state index in [9.17, 15) is 0 Å². The van der Waals surface area contributed by atoms with Crippen LogP contribution in [0.5, 0.6) is 5.75 Å². The van der Waals surface area contributed by atoms with Crippen LogP contribution in [0.1, 0.15) is 43.0 Å². The number of hydrogen-bond donors (Lipinski definition) is 1. The van der Waals surface area contributed by atoms with Gasteiger partial charge >= 0.3 is 0 Å². The van der Waals surface area contributed by atoms with Crippen LogP contribution in [-0.4, -0.2) is 22.8 Å². The van der Waals surface area contributed by atoms with Gasteiger partial charge in [-0.05, 0) is 30.5 Å². The molecule has 1 aliphatic carbocycles. The van der Waals surface area contributed by atoms with Crippen LogP contribution in [0.15, 0.2) is 28.8 Å². The van der Waals surface area contributed by atoms with Gasteiger partial charge in [-0.25, -0.2) is 0 Å². The van der Waals surface area contributed by atoms with Crippen molar-refractivity contribution in [2.45, 2.75) is 44.1 Å². The molecule has 112 valence electrons. The number of nitrogens with zero attached hydrogens (tertiary/aromatic N) is 2. The molecule has 1 saturated carbocycles. The average Bonchev–Trinajstić information content (AvgIpc) is 3.09. The minimum absolute atomic E-state index is 0.153. The van der Waals surface area contributed by atoms with Crippen LogP contribution >= 0.6 is 0 Å². The molecule has 0 atom stereocenters. The summed E-state index contributed by atoms with van der Waals surface area (Å²) in [4.78, 5) is 4.47. The van der Waals surface area contributed by atoms with E-state index in [1.807, 2.05) is 24.3 Å². The summed E-state index contributed by atoms with van der Waals surface area (Å²) >= 11 is 0. The Hall–Kier alpha value is -1.88. The number of aromatic nitrogens is 2. The van der Waals surface area contributed by atoms with Crippen molar-refractivity contribution in [3.63, 3.8) is 0 Å². The summed E-state index contributed by atoms with van der Waals surface area (Å²) in [5, 5.41) is 4.06. The number of hydrogen-bond acceptors (Lipinski definition) is 5. The number of rotatable bonds is 5. The number of methoxy groups -OCH3 is 1. The number of nitrogens with two attached hydrogens (primary N) is 1. The van der Waals surface area contributed by atoms with Crippen LogP contribution in [0.25, 0.3) is 0 Å². The zero-order valence-electron chi connectivity index (χ0n) is 12.3. The van der Waals surface area contributed by atoms with Gasteiger partial charge in [-0.2, -0.15) is 4.98 Å². The lowest BCUT2D eigenvalue weighted by Gasteiger charge is -2.20. The average molecular weight is 287 g/mol. The van der Waals surface area contributed by atoms with Crippen molar-refractivity contribution < 1.29 is 9.26 Å². The highest BCUT2D eigenvalue weighted by atomic mass is 16.5. The Labute approximate surface area is 124 Å². The molecule has 0 bridgehead atoms. The summed E-state index contributed by atoms with van der Waals surface area (Å²) in [5.74, 6) is 2.18. The third kappa shape index (κ3) is 3.42. The Balaban J connectivity index is 1.67. The summed E-state index contributed by atoms with van der Waals surface area (Å²) in [7, 11) is 1.66. The van der Waals surface area contributed by atoms with E-state index >= 15 is 0 Å². The van der Waals surface area contributed by atoms with Gasteiger partial charge in [0.25, 0.3) is 0 Å². The Bertz CT molecular complexity index is 603. The number of benzene rings is 1. The molecule has 5 heteroatoms. The second-order valence-electron chi connectivity index (χ2n) is 5.88. The lowest BCUT2D eigenvalue weighted by Crippen LogP contribution is -2.38. The molecule has 21 heavy (non-hydrogen) atoms. The van der Waals surface area contributed by atoms with Crippen molar-refractivity contribution in [1.82, 2.24) is 10.1 Å². The highest BCUT2D eigenvalue weighted by Crippen LogP contribution is 2.30. The molecule has 1 heterocycles. The maximum atomic E-state index is 6.35. The largest absolute Gasteiger partial charge is 0.497 e. The second kappa shape index (κ2) is 5.85. The maximum absolute atomic E-state index is 6.35. The molecule has 0 unspecified atom stereocenters. The lowest BCUT2D eigenvalue weighted by molar-refractivity contribution is 0.327. The third-order valence-electron chi connectivity index (χ3n) is 4.11. The molecule has 2 aromatic rings. The Morgan fingerprint density at radius 2 is 2.14 bits per heavy atom. The van der Waals surface area contributed by atoms with E-state index in [0.29, 0.717) is 24.6 Å². The molecule has 0 amide bonds. The van der Waals surface area contributed by atoms with Crippen molar-refractivity contribution in [2.24, 2.45) is 5.73 Å². The molecular formula is C16H21N3O2. The smallest absolute Gasteiger partial charge is 0.228 e. The zero-order valence-corrected chi connectivity index (χ0v) is 12.3. The molecule has 1 aromatic heterocycles. The summed E-state index contributed by atoms with van der Waals surface area (Å²) < 4.78 is 10.6. The molecule has 3 rings (SSSR count). The fraction of sp³-hybridized carbons (Fsp3) is 0.500. The standard InChI is InChI=1S/C16H21N3O2/c1-20-13-6-4-5-12(9-13)10-14-18-15(21-19-14)11-16(17)7-2-3-8-16/h4-6,9H,2-3,7-8,10-11,17H2,1H3. The fourth-order valence-electron chi connectivity index (χ4n) is 2.96. The van der Waals surface area contributed by atoms with Gasteiger partial charge in [-0.15, -0.1) is 0 Å². The molecule has 0 spiro atoms. The first-order valence-corrected chi connectivity index (χ1v) is 7.40. The van der Waals surface area contributed by atoms with Crippen LogP contribution in [0.4, 0.5) is 0 Å². The minimum Gasteiger partial charge on any atom is -0.497 e. The summed E-state index contributed by atoms with van der Waals surface area (Å²) in [5.41, 5.74) is 7.30. The molecule has 5 nitrogen and oxygen atoms in total. The third-order valence-corrected chi connectivity index (χ3v) is 4.11. The van der Waals surface area contributed by atoms with Crippen LogP contribution < -0.4 is 10.5 Å². The molecule has 0 aliphatic heterocycles. The first-order chi connectivity index (χ1) is 10.2. The molecule has 1 aliphatic rings. The highest BCUT2D eigenvalue weighted by Gasteiger charge is 2.31. The van der Waals surface area contributed by atoms with Crippen molar-refractivity contribution >= 4 is 0 Å². The second-order valence-corrected chi connectivity index (χ2v) is 5.88. The molecular weight excluding hydrogens is 266 g/mol. The van der Waals surface area contributed by atoms with E-state index in [2.05, 4.69) is 10.1 Å². The molecule has 0 saturated heterocycles. The zero-order chi connectivity index (χ0) is 14.7. The maximum Gasteiger partial charge on any atom is 0.228 e. The number of ether oxygens (including phenoxy) is 1. The van der Waals surface area contributed by atoms with Crippen molar-refractivity contribution in [3.8, 4) is 5.75 Å². The SMILES string of the molecule is COc1cccc(Cc2noc(CC3(N)CCCC3)n2)c1. The van der Waals surface area contributed by atoms with Crippen LogP contribution in [0.2, 0.25) is 0 Å². The molecule has 1 aromatic carbocycles. The summed E-state index contributed by atoms with van der Waals surface area (Å²) in [6.45, 7) is 0. The van der Waals surface area contributed by atoms with Gasteiger partial charge in [0.15, 0.2) is 5.82 Å². The fourth-order valence-corrected chi connectivity index (χ4v) is 2.96. The summed E-state index contributed by atoms with van der Waals surface area (Å²) in [6.07, 6.45) is 5.79. The first kappa shape index (κ1) is 14.1. The van der Waals surface area contributed by atoms with Gasteiger partial charge in [0, 0.05) is 18.4 Å². The molecule has 0 radical (unpaired) electrons. The lowest BCUT2D eigenvalue weighted by atomic mass is 9.95. The summed E-state index contributed by atoms with van der Waals surface area (Å²) in [6, 6.07) is 7.89. The Kier molecular flexibility index (Phi) is 3.92. The van der Waals surface area contributed by atoms with Crippen molar-refractivity contribution in [2.75, 3.05) is 7.11 Å². The van der Waals surface area contributed by atoms with Gasteiger partial charge in [-0.3, -0.25) is 0 Å². The monoisotopic (exact) mass is 287 g/mol. The van der Waals surface area contributed by atoms with Gasteiger partial charge in [0.2, 0.25) is 5.89 Å². The van der Waals surface area contributed by atoms with Gasteiger partial charge in [0.1, 0.15) is 5.75 Å².